The molecule has 0 saturated heterocycles. The molecule has 0 saturated carbocycles. The predicted molar refractivity (Wildman–Crippen MR) is 56.2 cm³/mol. The molecule has 0 N–H and O–H groups in total. The topological polar surface area (TPSA) is 22.1 Å². The van der Waals surface area contributed by atoms with E-state index < -0.39 is 6.43 Å². The van der Waals surface area contributed by atoms with Gasteiger partial charge in [-0.1, -0.05) is 0 Å². The summed E-state index contributed by atoms with van der Waals surface area (Å²) in [6.45, 7) is 0. The van der Waals surface area contributed by atoms with E-state index in [-0.39, 0.29) is 11.4 Å². The van der Waals surface area contributed by atoms with Gasteiger partial charge in [0.15, 0.2) is 0 Å². The highest BCUT2D eigenvalue weighted by atomic mass is 127. The summed E-state index contributed by atoms with van der Waals surface area (Å²) < 4.78 is 30.6. The molecule has 0 amide bonds. The van der Waals surface area contributed by atoms with Crippen LogP contribution in [-0.4, -0.2) is 12.1 Å². The molecule has 6 heteroatoms. The lowest BCUT2D eigenvalue weighted by atomic mass is 10.3. The zero-order chi connectivity index (χ0) is 10.0. The summed E-state index contributed by atoms with van der Waals surface area (Å²) in [5.41, 5.74) is -0.338. The van der Waals surface area contributed by atoms with Crippen LogP contribution in [-0.2, 0) is 0 Å². The van der Waals surface area contributed by atoms with Crippen molar-refractivity contribution in [1.29, 1.82) is 0 Å². The Balaban J connectivity index is 3.25. The highest BCUT2D eigenvalue weighted by Crippen LogP contribution is 2.31. The van der Waals surface area contributed by atoms with Gasteiger partial charge in [0, 0.05) is 3.57 Å². The molecule has 13 heavy (non-hydrogen) atoms. The van der Waals surface area contributed by atoms with E-state index in [0.29, 0.717) is 4.60 Å². The molecule has 1 heterocycles. The van der Waals surface area contributed by atoms with Crippen molar-refractivity contribution in [3.05, 3.63) is 19.9 Å². The number of pyridine rings is 1. The van der Waals surface area contributed by atoms with Gasteiger partial charge in [0.1, 0.15) is 16.0 Å². The first-order valence-corrected chi connectivity index (χ1v) is 5.11. The van der Waals surface area contributed by atoms with Gasteiger partial charge in [-0.25, -0.2) is 13.8 Å². The molecule has 2 nitrogen and oxygen atoms in total. The maximum atomic E-state index is 12.4. The third-order valence-corrected chi connectivity index (χ3v) is 3.52. The lowest BCUT2D eigenvalue weighted by Crippen LogP contribution is -1.98. The summed E-state index contributed by atoms with van der Waals surface area (Å²) in [6.07, 6.45) is -2.62. The Morgan fingerprint density at radius 1 is 1.62 bits per heavy atom. The van der Waals surface area contributed by atoms with E-state index in [9.17, 15) is 8.78 Å². The fraction of sp³-hybridized carbons (Fsp3) is 0.286. The van der Waals surface area contributed by atoms with Crippen molar-refractivity contribution in [2.45, 2.75) is 6.43 Å². The lowest BCUT2D eigenvalue weighted by Gasteiger charge is -2.07. The normalized spacial score (nSPS) is 10.6. The van der Waals surface area contributed by atoms with Crippen LogP contribution < -0.4 is 4.74 Å². The van der Waals surface area contributed by atoms with Gasteiger partial charge in [-0.05, 0) is 44.6 Å². The Hall–Kier alpha value is 0.0200. The number of hydrogen-bond donors (Lipinski definition) is 0. The van der Waals surface area contributed by atoms with Gasteiger partial charge >= 0.3 is 0 Å². The van der Waals surface area contributed by atoms with E-state index in [0.717, 1.165) is 3.57 Å². The number of halogens is 4. The molecule has 1 aromatic heterocycles. The van der Waals surface area contributed by atoms with Crippen molar-refractivity contribution in [1.82, 2.24) is 4.98 Å². The van der Waals surface area contributed by atoms with Crippen LogP contribution in [0.25, 0.3) is 0 Å². The minimum atomic E-state index is -2.62. The lowest BCUT2D eigenvalue weighted by molar-refractivity contribution is 0.141. The molecule has 0 aromatic carbocycles. The minimum Gasteiger partial charge on any atom is -0.495 e. The number of rotatable bonds is 2. The van der Waals surface area contributed by atoms with Crippen LogP contribution >= 0.6 is 38.5 Å². The third-order valence-electron chi connectivity index (χ3n) is 1.35. The van der Waals surface area contributed by atoms with Crippen molar-refractivity contribution < 1.29 is 13.5 Å². The molecule has 0 radical (unpaired) electrons. The van der Waals surface area contributed by atoms with Crippen molar-refractivity contribution in [3.63, 3.8) is 0 Å². The number of ether oxygens (including phenoxy) is 1. The Labute approximate surface area is 96.0 Å². The second-order valence-corrected chi connectivity index (χ2v) is 4.06. The molecule has 1 aromatic rings. The standard InChI is InChI=1S/C7H5BrF2INO/c1-13-4-2-3(11)6(8)12-5(4)7(9)10/h2,7H,1H3. The van der Waals surface area contributed by atoms with Crippen molar-refractivity contribution >= 4 is 38.5 Å². The van der Waals surface area contributed by atoms with Crippen molar-refractivity contribution in [2.24, 2.45) is 0 Å². The van der Waals surface area contributed by atoms with Gasteiger partial charge in [0.25, 0.3) is 6.43 Å². The summed E-state index contributed by atoms with van der Waals surface area (Å²) in [4.78, 5) is 3.68. The van der Waals surface area contributed by atoms with E-state index in [1.54, 1.807) is 0 Å². The molecule has 0 atom stereocenters. The average Bonchev–Trinajstić information content (AvgIpc) is 2.08. The van der Waals surface area contributed by atoms with Crippen LogP contribution in [0.2, 0.25) is 0 Å². The molecule has 0 aliphatic heterocycles. The van der Waals surface area contributed by atoms with E-state index in [1.807, 2.05) is 22.6 Å². The van der Waals surface area contributed by atoms with Crippen molar-refractivity contribution in [3.8, 4) is 5.75 Å². The molecule has 0 fully saturated rings. The Kier molecular flexibility index (Phi) is 3.84. The fourth-order valence-electron chi connectivity index (χ4n) is 0.783. The fourth-order valence-corrected chi connectivity index (χ4v) is 1.49. The van der Waals surface area contributed by atoms with Crippen molar-refractivity contribution in [2.75, 3.05) is 7.11 Å². The second-order valence-electron chi connectivity index (χ2n) is 2.15. The zero-order valence-corrected chi connectivity index (χ0v) is 10.3. The van der Waals surface area contributed by atoms with Crippen LogP contribution in [0.15, 0.2) is 10.7 Å². The van der Waals surface area contributed by atoms with E-state index in [1.165, 1.54) is 13.2 Å². The summed E-state index contributed by atoms with van der Waals surface area (Å²) in [5.74, 6) is 0.114. The van der Waals surface area contributed by atoms with Gasteiger partial charge in [-0.15, -0.1) is 0 Å². The monoisotopic (exact) mass is 363 g/mol. The Morgan fingerprint density at radius 3 is 2.69 bits per heavy atom. The van der Waals surface area contributed by atoms with Crippen LogP contribution in [0.5, 0.6) is 5.75 Å². The molecular weight excluding hydrogens is 359 g/mol. The second kappa shape index (κ2) is 4.50. The van der Waals surface area contributed by atoms with E-state index >= 15 is 0 Å². The van der Waals surface area contributed by atoms with E-state index in [2.05, 4.69) is 20.9 Å². The quantitative estimate of drug-likeness (QED) is 0.593. The first-order chi connectivity index (χ1) is 6.06. The molecule has 0 aliphatic rings. The molecule has 0 bridgehead atoms. The molecule has 0 unspecified atom stereocenters. The number of hydrogen-bond acceptors (Lipinski definition) is 2. The number of alkyl halides is 2. The zero-order valence-electron chi connectivity index (χ0n) is 6.52. The number of aromatic nitrogens is 1. The maximum absolute atomic E-state index is 12.4. The predicted octanol–water partition coefficient (Wildman–Crippen LogP) is 3.39. The average molecular weight is 364 g/mol. The van der Waals surface area contributed by atoms with Gasteiger partial charge in [-0.3, -0.25) is 0 Å². The molecule has 0 spiro atoms. The summed E-state index contributed by atoms with van der Waals surface area (Å²) in [5, 5.41) is 0. The SMILES string of the molecule is COc1cc(I)c(Br)nc1C(F)F. The molecule has 72 valence electrons. The smallest absolute Gasteiger partial charge is 0.284 e. The first kappa shape index (κ1) is 11.1. The number of nitrogens with zero attached hydrogens (tertiary/aromatic N) is 1. The minimum absolute atomic E-state index is 0.114. The first-order valence-electron chi connectivity index (χ1n) is 3.24. The molecule has 1 rings (SSSR count). The molecule has 0 aliphatic carbocycles. The van der Waals surface area contributed by atoms with Crippen LogP contribution in [0, 0.1) is 3.57 Å². The largest absolute Gasteiger partial charge is 0.495 e. The van der Waals surface area contributed by atoms with E-state index in [4.69, 9.17) is 4.74 Å². The van der Waals surface area contributed by atoms with Crippen LogP contribution in [0.4, 0.5) is 8.78 Å². The summed E-state index contributed by atoms with van der Waals surface area (Å²) in [6, 6.07) is 1.51. The molecular formula is C7H5BrF2INO. The van der Waals surface area contributed by atoms with Crippen LogP contribution in [0.1, 0.15) is 12.1 Å². The Morgan fingerprint density at radius 2 is 2.23 bits per heavy atom. The van der Waals surface area contributed by atoms with Gasteiger partial charge in [0.2, 0.25) is 0 Å². The van der Waals surface area contributed by atoms with Crippen LogP contribution in [0.3, 0.4) is 0 Å². The third kappa shape index (κ3) is 2.49. The number of methoxy groups -OCH3 is 1. The maximum Gasteiger partial charge on any atom is 0.284 e. The highest BCUT2D eigenvalue weighted by Gasteiger charge is 2.17. The Bertz CT molecular complexity index is 322. The van der Waals surface area contributed by atoms with Gasteiger partial charge in [0.05, 0.1) is 7.11 Å². The van der Waals surface area contributed by atoms with Gasteiger partial charge in [-0.2, -0.15) is 0 Å². The summed E-state index contributed by atoms with van der Waals surface area (Å²) >= 11 is 5.05. The highest BCUT2D eigenvalue weighted by molar-refractivity contribution is 14.1. The van der Waals surface area contributed by atoms with Gasteiger partial charge < -0.3 is 4.74 Å². The summed E-state index contributed by atoms with van der Waals surface area (Å²) in [7, 11) is 1.34.